The Kier molecular flexibility index (Phi) is 3.23. The molecule has 4 nitrogen and oxygen atoms in total. The van der Waals surface area contributed by atoms with Crippen molar-refractivity contribution < 1.29 is 9.50 Å². The number of aromatic hydroxyl groups is 1. The molecule has 5 heteroatoms. The minimum Gasteiger partial charge on any atom is -0.507 e. The molecule has 0 aromatic heterocycles. The van der Waals surface area contributed by atoms with E-state index in [1.807, 2.05) is 30.3 Å². The first kappa shape index (κ1) is 13.1. The average molecular weight is 283 g/mol. The molecule has 0 amide bonds. The van der Waals surface area contributed by atoms with E-state index in [0.29, 0.717) is 17.1 Å². The Bertz CT molecular complexity index is 738. The number of phenolic OH excluding ortho intramolecular Hbond substituents is 1. The van der Waals surface area contributed by atoms with Crippen LogP contribution in [0.2, 0.25) is 0 Å². The molecule has 1 heterocycles. The molecule has 21 heavy (non-hydrogen) atoms. The number of nitrogens with one attached hydrogen (secondary N) is 2. The second-order valence-electron chi connectivity index (χ2n) is 4.66. The predicted molar refractivity (Wildman–Crippen MR) is 79.9 cm³/mol. The molecule has 1 aliphatic heterocycles. The van der Waals surface area contributed by atoms with Gasteiger partial charge in [-0.05, 0) is 29.8 Å². The largest absolute Gasteiger partial charge is 0.507 e. The first-order chi connectivity index (χ1) is 10.1. The number of hydrazine groups is 1. The second-order valence-corrected chi connectivity index (χ2v) is 4.66. The Morgan fingerprint density at radius 2 is 1.76 bits per heavy atom. The maximum atomic E-state index is 13.4. The van der Waals surface area contributed by atoms with Crippen molar-refractivity contribution in [3.63, 3.8) is 0 Å². The summed E-state index contributed by atoms with van der Waals surface area (Å²) >= 11 is 0. The van der Waals surface area contributed by atoms with Gasteiger partial charge in [-0.25, -0.2) is 4.39 Å². The van der Waals surface area contributed by atoms with Crippen LogP contribution in [0, 0.1) is 5.82 Å². The van der Waals surface area contributed by atoms with Crippen LogP contribution in [-0.4, -0.2) is 5.11 Å². The van der Waals surface area contributed by atoms with Crippen molar-refractivity contribution in [2.75, 3.05) is 0 Å². The molecule has 0 unspecified atom stereocenters. The van der Waals surface area contributed by atoms with E-state index in [9.17, 15) is 9.50 Å². The van der Waals surface area contributed by atoms with E-state index in [-0.39, 0.29) is 5.75 Å². The van der Waals surface area contributed by atoms with E-state index in [0.717, 1.165) is 11.1 Å². The van der Waals surface area contributed by atoms with Gasteiger partial charge in [0.05, 0.1) is 5.70 Å². The molecule has 2 aromatic carbocycles. The second kappa shape index (κ2) is 5.20. The van der Waals surface area contributed by atoms with Crippen LogP contribution in [0.25, 0.3) is 11.3 Å². The molecule has 0 spiro atoms. The molecule has 0 saturated carbocycles. The summed E-state index contributed by atoms with van der Waals surface area (Å²) in [5.74, 6) is 0.0277. The van der Waals surface area contributed by atoms with Crippen molar-refractivity contribution in [2.45, 2.75) is 0 Å². The van der Waals surface area contributed by atoms with Crippen LogP contribution in [0.15, 0.2) is 60.4 Å². The van der Waals surface area contributed by atoms with Crippen LogP contribution in [0.4, 0.5) is 4.39 Å². The lowest BCUT2D eigenvalue weighted by molar-refractivity contribution is 0.470. The van der Waals surface area contributed by atoms with Gasteiger partial charge in [-0.2, -0.15) is 0 Å². The van der Waals surface area contributed by atoms with Gasteiger partial charge < -0.3 is 10.8 Å². The molecular weight excluding hydrogens is 269 g/mol. The number of hydrogen-bond donors (Lipinski definition) is 4. The topological polar surface area (TPSA) is 70.3 Å². The van der Waals surface area contributed by atoms with Gasteiger partial charge in [0.1, 0.15) is 17.4 Å². The van der Waals surface area contributed by atoms with Gasteiger partial charge in [-0.3, -0.25) is 10.9 Å². The lowest BCUT2D eigenvalue weighted by atomic mass is 10.0. The Morgan fingerprint density at radius 3 is 2.52 bits per heavy atom. The summed E-state index contributed by atoms with van der Waals surface area (Å²) in [6.45, 7) is 0. The van der Waals surface area contributed by atoms with E-state index >= 15 is 0 Å². The number of hydrogen-bond acceptors (Lipinski definition) is 4. The molecule has 106 valence electrons. The van der Waals surface area contributed by atoms with Crippen LogP contribution in [0.5, 0.6) is 5.75 Å². The zero-order valence-electron chi connectivity index (χ0n) is 11.1. The van der Waals surface area contributed by atoms with Gasteiger partial charge in [0.15, 0.2) is 0 Å². The standard InChI is InChI=1S/C16H14FN3O/c17-11-6-7-15(21)13(8-11)14-9-12(16(18)20-19-14)10-4-2-1-3-5-10/h1-9,19-21H,18H2. The Balaban J connectivity index is 2.07. The highest BCUT2D eigenvalue weighted by Crippen LogP contribution is 2.29. The first-order valence-corrected chi connectivity index (χ1v) is 6.43. The molecule has 0 aliphatic carbocycles. The number of nitrogens with two attached hydrogens (primary N) is 1. The SMILES string of the molecule is NC1=C(c2ccccc2)C=C(c2cc(F)ccc2O)NN1. The van der Waals surface area contributed by atoms with E-state index in [2.05, 4.69) is 10.9 Å². The van der Waals surface area contributed by atoms with Crippen LogP contribution in [0.3, 0.4) is 0 Å². The summed E-state index contributed by atoms with van der Waals surface area (Å²) in [5.41, 5.74) is 14.2. The van der Waals surface area contributed by atoms with Gasteiger partial charge in [-0.1, -0.05) is 30.3 Å². The maximum Gasteiger partial charge on any atom is 0.125 e. The third kappa shape index (κ3) is 2.53. The fourth-order valence-corrected chi connectivity index (χ4v) is 2.19. The van der Waals surface area contributed by atoms with Gasteiger partial charge >= 0.3 is 0 Å². The Labute approximate surface area is 121 Å². The van der Waals surface area contributed by atoms with Crippen molar-refractivity contribution in [3.05, 3.63) is 77.4 Å². The van der Waals surface area contributed by atoms with E-state index in [1.54, 1.807) is 6.08 Å². The normalized spacial score (nSPS) is 14.2. The van der Waals surface area contributed by atoms with Crippen LogP contribution < -0.4 is 16.6 Å². The number of phenols is 1. The number of rotatable bonds is 2. The van der Waals surface area contributed by atoms with Gasteiger partial charge in [0.2, 0.25) is 0 Å². The highest BCUT2D eigenvalue weighted by atomic mass is 19.1. The maximum absolute atomic E-state index is 13.4. The zero-order chi connectivity index (χ0) is 14.8. The fraction of sp³-hybridized carbons (Fsp3) is 0. The third-order valence-electron chi connectivity index (χ3n) is 3.24. The molecule has 0 atom stereocenters. The van der Waals surface area contributed by atoms with Gasteiger partial charge in [0, 0.05) is 11.1 Å². The van der Waals surface area contributed by atoms with Crippen molar-refractivity contribution in [3.8, 4) is 5.75 Å². The van der Waals surface area contributed by atoms with E-state index in [4.69, 9.17) is 5.73 Å². The first-order valence-electron chi connectivity index (χ1n) is 6.43. The minimum absolute atomic E-state index is 0.00941. The average Bonchev–Trinajstić information content (AvgIpc) is 2.51. The summed E-state index contributed by atoms with van der Waals surface area (Å²) in [7, 11) is 0. The van der Waals surface area contributed by atoms with Crippen molar-refractivity contribution >= 4 is 11.3 Å². The lowest BCUT2D eigenvalue weighted by Gasteiger charge is -2.22. The summed E-state index contributed by atoms with van der Waals surface area (Å²) in [4.78, 5) is 0. The monoisotopic (exact) mass is 283 g/mol. The fourth-order valence-electron chi connectivity index (χ4n) is 2.19. The molecule has 1 aliphatic rings. The Morgan fingerprint density at radius 1 is 1.00 bits per heavy atom. The molecule has 0 saturated heterocycles. The lowest BCUT2D eigenvalue weighted by Crippen LogP contribution is -2.36. The number of halogens is 1. The number of allylic oxidation sites excluding steroid dienone is 2. The van der Waals surface area contributed by atoms with Crippen LogP contribution in [-0.2, 0) is 0 Å². The third-order valence-corrected chi connectivity index (χ3v) is 3.24. The summed E-state index contributed by atoms with van der Waals surface area (Å²) in [6.07, 6.45) is 1.77. The number of benzene rings is 2. The minimum atomic E-state index is -0.422. The molecule has 0 fully saturated rings. The summed E-state index contributed by atoms with van der Waals surface area (Å²) in [6, 6.07) is 13.4. The molecule has 0 radical (unpaired) electrons. The molecule has 0 bridgehead atoms. The predicted octanol–water partition coefficient (Wildman–Crippen LogP) is 2.31. The van der Waals surface area contributed by atoms with E-state index < -0.39 is 5.82 Å². The van der Waals surface area contributed by atoms with Crippen molar-refractivity contribution in [1.82, 2.24) is 10.9 Å². The molecule has 3 rings (SSSR count). The molecule has 2 aromatic rings. The Hall–Kier alpha value is -2.95. The van der Waals surface area contributed by atoms with Crippen molar-refractivity contribution in [2.24, 2.45) is 5.73 Å². The van der Waals surface area contributed by atoms with E-state index in [1.165, 1.54) is 18.2 Å². The van der Waals surface area contributed by atoms with Gasteiger partial charge in [0.25, 0.3) is 0 Å². The van der Waals surface area contributed by atoms with Crippen LogP contribution in [0.1, 0.15) is 11.1 Å². The summed E-state index contributed by atoms with van der Waals surface area (Å²) < 4.78 is 13.4. The van der Waals surface area contributed by atoms with Gasteiger partial charge in [-0.15, -0.1) is 0 Å². The zero-order valence-corrected chi connectivity index (χ0v) is 11.1. The quantitative estimate of drug-likeness (QED) is 0.682. The molecular formula is C16H14FN3O. The highest BCUT2D eigenvalue weighted by molar-refractivity contribution is 5.87. The molecule has 5 N–H and O–H groups in total. The summed E-state index contributed by atoms with van der Waals surface area (Å²) in [5, 5.41) is 9.89. The highest BCUT2D eigenvalue weighted by Gasteiger charge is 2.16. The van der Waals surface area contributed by atoms with Crippen molar-refractivity contribution in [1.29, 1.82) is 0 Å². The van der Waals surface area contributed by atoms with Crippen LogP contribution >= 0.6 is 0 Å². The smallest absolute Gasteiger partial charge is 0.125 e.